The van der Waals surface area contributed by atoms with Gasteiger partial charge < -0.3 is 15.1 Å². The molecule has 2 heterocycles. The number of rotatable bonds is 1. The predicted octanol–water partition coefficient (Wildman–Crippen LogP) is 1.42. The van der Waals surface area contributed by atoms with Gasteiger partial charge in [-0.05, 0) is 18.8 Å². The molecular formula is C9H10N2O2. The predicted molar refractivity (Wildman–Crippen MR) is 47.5 cm³/mol. The number of fused-ring (bicyclic) bond motifs is 1. The first-order chi connectivity index (χ1) is 6.34. The van der Waals surface area contributed by atoms with Crippen LogP contribution in [0.1, 0.15) is 12.8 Å². The van der Waals surface area contributed by atoms with Crippen molar-refractivity contribution in [2.24, 2.45) is 5.92 Å². The van der Waals surface area contributed by atoms with Gasteiger partial charge in [0, 0.05) is 0 Å². The fourth-order valence-electron chi connectivity index (χ4n) is 1.71. The largest absolute Gasteiger partial charge is 0.468 e. The monoisotopic (exact) mass is 178 g/mol. The van der Waals surface area contributed by atoms with Crippen LogP contribution in [0.3, 0.4) is 0 Å². The minimum Gasteiger partial charge on any atom is -0.468 e. The molecule has 0 radical (unpaired) electrons. The fraction of sp³-hybridized carbons (Fsp3) is 0.444. The number of carbonyl (C=O) groups excluding carboxylic acids is 1. The Hall–Kier alpha value is -1.45. The van der Waals surface area contributed by atoms with E-state index in [0.717, 1.165) is 24.2 Å². The van der Waals surface area contributed by atoms with E-state index in [2.05, 4.69) is 10.6 Å². The van der Waals surface area contributed by atoms with Crippen molar-refractivity contribution in [3.05, 3.63) is 12.5 Å². The number of nitrogens with one attached hydrogen (secondary N) is 2. The summed E-state index contributed by atoms with van der Waals surface area (Å²) in [5.74, 6) is 0.583. The van der Waals surface area contributed by atoms with Crippen molar-refractivity contribution in [3.63, 3.8) is 0 Å². The molecule has 1 aromatic heterocycles. The highest BCUT2D eigenvalue weighted by Gasteiger charge is 2.39. The molecule has 0 saturated heterocycles. The van der Waals surface area contributed by atoms with Gasteiger partial charge in [-0.15, -0.1) is 0 Å². The van der Waals surface area contributed by atoms with Gasteiger partial charge in [0.25, 0.3) is 0 Å². The molecule has 2 N–H and O–H groups in total. The van der Waals surface area contributed by atoms with Gasteiger partial charge >= 0.3 is 0 Å². The van der Waals surface area contributed by atoms with Gasteiger partial charge in [0.15, 0.2) is 0 Å². The van der Waals surface area contributed by atoms with Crippen LogP contribution in [0, 0.1) is 5.92 Å². The number of hydrogen-bond donors (Lipinski definition) is 2. The summed E-state index contributed by atoms with van der Waals surface area (Å²) >= 11 is 0. The number of hydrogen-bond acceptors (Lipinski definition) is 3. The van der Waals surface area contributed by atoms with Gasteiger partial charge in [-0.1, -0.05) is 0 Å². The minimum absolute atomic E-state index is 0.0508. The Morgan fingerprint density at radius 2 is 2.08 bits per heavy atom. The van der Waals surface area contributed by atoms with E-state index in [4.69, 9.17) is 4.42 Å². The maximum absolute atomic E-state index is 11.5. The topological polar surface area (TPSA) is 54.3 Å². The van der Waals surface area contributed by atoms with Crippen molar-refractivity contribution >= 4 is 17.3 Å². The van der Waals surface area contributed by atoms with Crippen LogP contribution < -0.4 is 10.6 Å². The summed E-state index contributed by atoms with van der Waals surface area (Å²) in [4.78, 5) is 11.5. The maximum atomic E-state index is 11.5. The highest BCUT2D eigenvalue weighted by atomic mass is 16.3. The van der Waals surface area contributed by atoms with Crippen molar-refractivity contribution in [2.45, 2.75) is 18.9 Å². The molecule has 3 rings (SSSR count). The smallest absolute Gasteiger partial charge is 0.247 e. The zero-order valence-corrected chi connectivity index (χ0v) is 7.04. The van der Waals surface area contributed by atoms with Crippen LogP contribution in [0.5, 0.6) is 0 Å². The van der Waals surface area contributed by atoms with E-state index < -0.39 is 0 Å². The summed E-state index contributed by atoms with van der Waals surface area (Å²) < 4.78 is 4.99. The fourth-order valence-corrected chi connectivity index (χ4v) is 1.71. The molecule has 13 heavy (non-hydrogen) atoms. The minimum atomic E-state index is -0.0508. The first kappa shape index (κ1) is 7.00. The molecule has 1 unspecified atom stereocenters. The summed E-state index contributed by atoms with van der Waals surface area (Å²) in [6.45, 7) is 0. The van der Waals surface area contributed by atoms with Crippen molar-refractivity contribution < 1.29 is 9.21 Å². The molecule has 1 amide bonds. The molecule has 0 spiro atoms. The third-order valence-corrected chi connectivity index (χ3v) is 2.61. The lowest BCUT2D eigenvalue weighted by atomic mass is 10.1. The quantitative estimate of drug-likeness (QED) is 0.683. The van der Waals surface area contributed by atoms with Gasteiger partial charge in [-0.3, -0.25) is 4.79 Å². The Balaban J connectivity index is 1.92. The molecule has 68 valence electrons. The van der Waals surface area contributed by atoms with Crippen LogP contribution in [-0.4, -0.2) is 11.9 Å². The molecule has 1 atom stereocenters. The molecule has 1 aliphatic carbocycles. The first-order valence-electron chi connectivity index (χ1n) is 4.48. The van der Waals surface area contributed by atoms with E-state index in [0.29, 0.717) is 5.92 Å². The Labute approximate surface area is 75.3 Å². The van der Waals surface area contributed by atoms with Crippen LogP contribution in [0.2, 0.25) is 0 Å². The Morgan fingerprint density at radius 3 is 2.85 bits per heavy atom. The van der Waals surface area contributed by atoms with Gasteiger partial charge in [-0.2, -0.15) is 0 Å². The second kappa shape index (κ2) is 2.28. The molecule has 2 aliphatic rings. The molecule has 1 saturated carbocycles. The van der Waals surface area contributed by atoms with Crippen LogP contribution in [0.25, 0.3) is 0 Å². The third-order valence-electron chi connectivity index (χ3n) is 2.61. The van der Waals surface area contributed by atoms with Crippen molar-refractivity contribution in [2.75, 3.05) is 10.6 Å². The van der Waals surface area contributed by atoms with E-state index in [1.54, 1.807) is 12.5 Å². The molecule has 4 heteroatoms. The van der Waals surface area contributed by atoms with E-state index in [-0.39, 0.29) is 11.9 Å². The highest BCUT2D eigenvalue weighted by molar-refractivity contribution is 6.03. The summed E-state index contributed by atoms with van der Waals surface area (Å²) in [6, 6.07) is -0.0508. The molecule has 0 aromatic carbocycles. The van der Waals surface area contributed by atoms with E-state index >= 15 is 0 Å². The SMILES string of the molecule is O=C1Nc2cocc2NC1C1CC1. The lowest BCUT2D eigenvalue weighted by Crippen LogP contribution is -2.39. The van der Waals surface area contributed by atoms with Gasteiger partial charge in [0.1, 0.15) is 24.3 Å². The summed E-state index contributed by atoms with van der Waals surface area (Å²) in [5, 5.41) is 6.00. The lowest BCUT2D eigenvalue weighted by Gasteiger charge is -2.23. The average Bonchev–Trinajstić information content (AvgIpc) is 2.85. The second-order valence-corrected chi connectivity index (χ2v) is 3.65. The van der Waals surface area contributed by atoms with Crippen LogP contribution in [0.4, 0.5) is 11.4 Å². The molecule has 4 nitrogen and oxygen atoms in total. The lowest BCUT2D eigenvalue weighted by molar-refractivity contribution is -0.117. The van der Waals surface area contributed by atoms with Crippen LogP contribution in [0.15, 0.2) is 16.9 Å². The van der Waals surface area contributed by atoms with E-state index in [1.165, 1.54) is 0 Å². The van der Waals surface area contributed by atoms with Gasteiger partial charge in [0.05, 0.1) is 5.69 Å². The number of carbonyl (C=O) groups is 1. The normalized spacial score (nSPS) is 26.2. The number of amides is 1. The van der Waals surface area contributed by atoms with Crippen LogP contribution in [-0.2, 0) is 4.79 Å². The van der Waals surface area contributed by atoms with E-state index in [9.17, 15) is 4.79 Å². The Morgan fingerprint density at radius 1 is 1.31 bits per heavy atom. The summed E-state index contributed by atoms with van der Waals surface area (Å²) in [7, 11) is 0. The zero-order chi connectivity index (χ0) is 8.84. The standard InChI is InChI=1S/C9H10N2O2/c12-9-8(5-1-2-5)10-6-3-13-4-7(6)11-9/h3-5,8,10H,1-2H2,(H,11,12). The van der Waals surface area contributed by atoms with E-state index in [1.807, 2.05) is 0 Å². The summed E-state index contributed by atoms with van der Waals surface area (Å²) in [5.41, 5.74) is 1.65. The maximum Gasteiger partial charge on any atom is 0.247 e. The highest BCUT2D eigenvalue weighted by Crippen LogP contribution is 2.38. The molecule has 1 fully saturated rings. The molecule has 0 bridgehead atoms. The van der Waals surface area contributed by atoms with Gasteiger partial charge in [-0.25, -0.2) is 0 Å². The Kier molecular flexibility index (Phi) is 1.23. The molecule has 1 aliphatic heterocycles. The van der Waals surface area contributed by atoms with Crippen molar-refractivity contribution in [1.29, 1.82) is 0 Å². The number of furan rings is 1. The Bertz CT molecular complexity index is 354. The third kappa shape index (κ3) is 1.02. The summed E-state index contributed by atoms with van der Waals surface area (Å²) in [6.07, 6.45) is 5.48. The van der Waals surface area contributed by atoms with Crippen molar-refractivity contribution in [1.82, 2.24) is 0 Å². The van der Waals surface area contributed by atoms with Crippen LogP contribution >= 0.6 is 0 Å². The second-order valence-electron chi connectivity index (χ2n) is 3.65. The number of anilines is 2. The zero-order valence-electron chi connectivity index (χ0n) is 7.04. The first-order valence-corrected chi connectivity index (χ1v) is 4.48. The molecular weight excluding hydrogens is 168 g/mol. The average molecular weight is 178 g/mol. The van der Waals surface area contributed by atoms with Gasteiger partial charge in [0.2, 0.25) is 5.91 Å². The molecule has 1 aromatic rings. The van der Waals surface area contributed by atoms with Crippen molar-refractivity contribution in [3.8, 4) is 0 Å².